The zero-order valence-corrected chi connectivity index (χ0v) is 20.4. The standard InChI is InChI=1S/C23H29IN2O5/c1-4-14(3)31-20-18(24)12-15(13-19(20)30-5-2)11-17-21(27)25-23(29)26(22(17)28)16-9-7-6-8-10-16/h11-14,16H,4-10H2,1-3H3,(H,25,27,29)/b17-11-/t14-/m1/s1. The molecular formula is C23H29IN2O5. The second-order valence-electron chi connectivity index (χ2n) is 7.88. The van der Waals surface area contributed by atoms with Gasteiger partial charge in [-0.25, -0.2) is 4.79 Å². The molecule has 0 bridgehead atoms. The molecule has 1 atom stereocenters. The highest BCUT2D eigenvalue weighted by Gasteiger charge is 2.40. The van der Waals surface area contributed by atoms with Crippen molar-refractivity contribution in [3.63, 3.8) is 0 Å². The van der Waals surface area contributed by atoms with E-state index in [1.54, 1.807) is 6.07 Å². The number of nitrogens with zero attached hydrogens (tertiary/aromatic N) is 1. The summed E-state index contributed by atoms with van der Waals surface area (Å²) < 4.78 is 12.6. The van der Waals surface area contributed by atoms with Crippen LogP contribution in [0, 0.1) is 3.57 Å². The Hall–Kier alpha value is -2.10. The molecule has 2 aliphatic rings. The molecule has 0 aromatic heterocycles. The van der Waals surface area contributed by atoms with Crippen LogP contribution in [0.4, 0.5) is 4.79 Å². The number of ether oxygens (including phenoxy) is 2. The van der Waals surface area contributed by atoms with Gasteiger partial charge in [-0.3, -0.25) is 19.8 Å². The van der Waals surface area contributed by atoms with Crippen LogP contribution >= 0.6 is 22.6 Å². The fourth-order valence-corrected chi connectivity index (χ4v) is 4.59. The van der Waals surface area contributed by atoms with E-state index in [0.29, 0.717) is 23.7 Å². The van der Waals surface area contributed by atoms with Gasteiger partial charge in [-0.05, 0) is 79.5 Å². The maximum atomic E-state index is 13.1. The molecular weight excluding hydrogens is 511 g/mol. The lowest BCUT2D eigenvalue weighted by molar-refractivity contribution is -0.132. The zero-order chi connectivity index (χ0) is 22.5. The number of nitrogens with one attached hydrogen (secondary N) is 1. The van der Waals surface area contributed by atoms with Gasteiger partial charge in [-0.1, -0.05) is 26.2 Å². The summed E-state index contributed by atoms with van der Waals surface area (Å²) in [7, 11) is 0. The molecule has 1 aromatic carbocycles. The van der Waals surface area contributed by atoms with E-state index >= 15 is 0 Å². The van der Waals surface area contributed by atoms with E-state index in [9.17, 15) is 14.4 Å². The summed E-state index contributed by atoms with van der Waals surface area (Å²) in [6.07, 6.45) is 7.00. The molecule has 3 rings (SSSR count). The maximum absolute atomic E-state index is 13.1. The van der Waals surface area contributed by atoms with Crippen molar-refractivity contribution in [1.29, 1.82) is 0 Å². The highest BCUT2D eigenvalue weighted by Crippen LogP contribution is 2.36. The summed E-state index contributed by atoms with van der Waals surface area (Å²) >= 11 is 2.16. The Labute approximate surface area is 196 Å². The van der Waals surface area contributed by atoms with Crippen molar-refractivity contribution in [3.8, 4) is 11.5 Å². The molecule has 1 heterocycles. The molecule has 7 nitrogen and oxygen atoms in total. The number of rotatable bonds is 7. The van der Waals surface area contributed by atoms with E-state index in [-0.39, 0.29) is 17.7 Å². The topological polar surface area (TPSA) is 84.9 Å². The first kappa shape index (κ1) is 23.6. The van der Waals surface area contributed by atoms with Crippen LogP contribution in [0.1, 0.15) is 64.9 Å². The first-order valence-electron chi connectivity index (χ1n) is 10.9. The van der Waals surface area contributed by atoms with Crippen molar-refractivity contribution in [1.82, 2.24) is 10.2 Å². The lowest BCUT2D eigenvalue weighted by Gasteiger charge is -2.35. The van der Waals surface area contributed by atoms with Crippen molar-refractivity contribution < 1.29 is 23.9 Å². The number of carbonyl (C=O) groups excluding carboxylic acids is 3. The molecule has 1 aromatic rings. The smallest absolute Gasteiger partial charge is 0.331 e. The molecule has 168 valence electrons. The van der Waals surface area contributed by atoms with Gasteiger partial charge < -0.3 is 9.47 Å². The van der Waals surface area contributed by atoms with E-state index in [2.05, 4.69) is 27.9 Å². The Bertz CT molecular complexity index is 892. The molecule has 2 fully saturated rings. The molecule has 31 heavy (non-hydrogen) atoms. The maximum Gasteiger partial charge on any atom is 0.331 e. The molecule has 0 unspecified atom stereocenters. The van der Waals surface area contributed by atoms with Crippen LogP contribution in [0.25, 0.3) is 6.08 Å². The van der Waals surface area contributed by atoms with Gasteiger partial charge in [0.2, 0.25) is 0 Å². The summed E-state index contributed by atoms with van der Waals surface area (Å²) in [5.74, 6) is 0.00585. The Balaban J connectivity index is 1.95. The largest absolute Gasteiger partial charge is 0.490 e. The number of amides is 4. The molecule has 1 N–H and O–H groups in total. The number of benzene rings is 1. The van der Waals surface area contributed by atoms with Crippen LogP contribution in [0.5, 0.6) is 11.5 Å². The van der Waals surface area contributed by atoms with Crippen molar-refractivity contribution in [2.24, 2.45) is 0 Å². The van der Waals surface area contributed by atoms with Gasteiger partial charge in [-0.15, -0.1) is 0 Å². The average Bonchev–Trinajstić information content (AvgIpc) is 2.74. The number of barbiturate groups is 1. The summed E-state index contributed by atoms with van der Waals surface area (Å²) in [4.78, 5) is 39.2. The van der Waals surface area contributed by atoms with Gasteiger partial charge in [0.05, 0.1) is 16.3 Å². The number of hydrogen-bond acceptors (Lipinski definition) is 5. The van der Waals surface area contributed by atoms with Gasteiger partial charge in [0.1, 0.15) is 5.57 Å². The number of urea groups is 1. The van der Waals surface area contributed by atoms with Crippen molar-refractivity contribution in [2.75, 3.05) is 6.61 Å². The predicted molar refractivity (Wildman–Crippen MR) is 126 cm³/mol. The van der Waals surface area contributed by atoms with Crippen molar-refractivity contribution >= 4 is 46.5 Å². The molecule has 1 aliphatic carbocycles. The van der Waals surface area contributed by atoms with E-state index in [1.807, 2.05) is 26.8 Å². The summed E-state index contributed by atoms with van der Waals surface area (Å²) in [5.41, 5.74) is 0.597. The Morgan fingerprint density at radius 3 is 2.55 bits per heavy atom. The highest BCUT2D eigenvalue weighted by atomic mass is 127. The number of halogens is 1. The molecule has 0 radical (unpaired) electrons. The Kier molecular flexibility index (Phi) is 7.96. The minimum absolute atomic E-state index is 0.0256. The zero-order valence-electron chi connectivity index (χ0n) is 18.2. The fourth-order valence-electron chi connectivity index (χ4n) is 3.84. The molecule has 0 spiro atoms. The van der Waals surface area contributed by atoms with E-state index in [1.165, 1.54) is 11.0 Å². The second kappa shape index (κ2) is 10.5. The van der Waals surface area contributed by atoms with Gasteiger partial charge in [-0.2, -0.15) is 0 Å². The number of carbonyl (C=O) groups is 3. The summed E-state index contributed by atoms with van der Waals surface area (Å²) in [6, 6.07) is 2.82. The van der Waals surface area contributed by atoms with Gasteiger partial charge in [0.15, 0.2) is 11.5 Å². The Morgan fingerprint density at radius 2 is 1.90 bits per heavy atom. The van der Waals surface area contributed by atoms with Gasteiger partial charge in [0.25, 0.3) is 11.8 Å². The monoisotopic (exact) mass is 540 g/mol. The van der Waals surface area contributed by atoms with Gasteiger partial charge in [0, 0.05) is 6.04 Å². The lowest BCUT2D eigenvalue weighted by atomic mass is 9.93. The second-order valence-corrected chi connectivity index (χ2v) is 9.05. The fraction of sp³-hybridized carbons (Fsp3) is 0.522. The molecule has 1 aliphatic heterocycles. The van der Waals surface area contributed by atoms with Gasteiger partial charge >= 0.3 is 6.03 Å². The predicted octanol–water partition coefficient (Wildman–Crippen LogP) is 4.66. The third kappa shape index (κ3) is 5.39. The van der Waals surface area contributed by atoms with Crippen LogP contribution in [0.2, 0.25) is 0 Å². The number of imide groups is 2. The quantitative estimate of drug-likeness (QED) is 0.309. The molecule has 1 saturated carbocycles. The normalized spacial score (nSPS) is 20.1. The van der Waals surface area contributed by atoms with Crippen LogP contribution in [-0.4, -0.2) is 41.5 Å². The Morgan fingerprint density at radius 1 is 1.19 bits per heavy atom. The summed E-state index contributed by atoms with van der Waals surface area (Å²) in [5, 5.41) is 2.33. The van der Waals surface area contributed by atoms with Crippen LogP contribution < -0.4 is 14.8 Å². The first-order valence-corrected chi connectivity index (χ1v) is 12.0. The van der Waals surface area contributed by atoms with Crippen molar-refractivity contribution in [2.45, 2.75) is 71.4 Å². The van der Waals surface area contributed by atoms with Crippen LogP contribution in [0.15, 0.2) is 17.7 Å². The first-order chi connectivity index (χ1) is 14.8. The number of hydrogen-bond donors (Lipinski definition) is 1. The highest BCUT2D eigenvalue weighted by molar-refractivity contribution is 14.1. The van der Waals surface area contributed by atoms with Crippen molar-refractivity contribution in [3.05, 3.63) is 26.8 Å². The lowest BCUT2D eigenvalue weighted by Crippen LogP contribution is -2.58. The summed E-state index contributed by atoms with van der Waals surface area (Å²) in [6.45, 7) is 6.38. The van der Waals surface area contributed by atoms with E-state index in [4.69, 9.17) is 9.47 Å². The molecule has 1 saturated heterocycles. The van der Waals surface area contributed by atoms with Crippen LogP contribution in [0.3, 0.4) is 0 Å². The van der Waals surface area contributed by atoms with Crippen LogP contribution in [-0.2, 0) is 9.59 Å². The van der Waals surface area contributed by atoms with E-state index < -0.39 is 17.8 Å². The third-order valence-electron chi connectivity index (χ3n) is 5.61. The molecule has 4 amide bonds. The third-order valence-corrected chi connectivity index (χ3v) is 6.41. The minimum Gasteiger partial charge on any atom is -0.490 e. The SMILES string of the molecule is CCOc1cc(/C=C2/C(=O)NC(=O)N(C3CCCCC3)C2=O)cc(I)c1O[C@H](C)CC. The molecule has 8 heteroatoms. The minimum atomic E-state index is -0.671. The van der Waals surface area contributed by atoms with E-state index in [0.717, 1.165) is 42.1 Å². The average molecular weight is 540 g/mol.